The van der Waals surface area contributed by atoms with Crippen LogP contribution in [0.2, 0.25) is 0 Å². The molecule has 0 aliphatic rings. The van der Waals surface area contributed by atoms with Gasteiger partial charge in [0.15, 0.2) is 0 Å². The van der Waals surface area contributed by atoms with Crippen molar-refractivity contribution < 1.29 is 19.1 Å². The number of nitrogens with one attached hydrogen (secondary N) is 1. The van der Waals surface area contributed by atoms with Crippen molar-refractivity contribution in [2.45, 2.75) is 13.3 Å². The van der Waals surface area contributed by atoms with Gasteiger partial charge in [0.25, 0.3) is 0 Å². The molecule has 0 aliphatic carbocycles. The minimum atomic E-state index is -0.470. The summed E-state index contributed by atoms with van der Waals surface area (Å²) in [6.07, 6.45) is 0.199. The first-order valence-corrected chi connectivity index (χ1v) is 5.65. The third-order valence-corrected chi connectivity index (χ3v) is 2.28. The lowest BCUT2D eigenvalue weighted by Crippen LogP contribution is -2.30. The third-order valence-electron chi connectivity index (χ3n) is 2.28. The molecule has 1 N–H and O–H groups in total. The molecule has 98 valence electrons. The molecule has 5 nitrogen and oxygen atoms in total. The molecule has 1 rings (SSSR count). The molecule has 0 saturated heterocycles. The van der Waals surface area contributed by atoms with Crippen molar-refractivity contribution in [3.63, 3.8) is 0 Å². The second kappa shape index (κ2) is 7.32. The Morgan fingerprint density at radius 2 is 1.89 bits per heavy atom. The number of carbonyl (C=O) groups is 2. The fourth-order valence-corrected chi connectivity index (χ4v) is 1.23. The monoisotopic (exact) mass is 251 g/mol. The van der Waals surface area contributed by atoms with E-state index in [1.54, 1.807) is 0 Å². The summed E-state index contributed by atoms with van der Waals surface area (Å²) in [5.74, 6) is 0.0108. The third kappa shape index (κ3) is 5.34. The molecular formula is C13H17NO4. The fourth-order valence-electron chi connectivity index (χ4n) is 1.23. The smallest absolute Gasteiger partial charge is 0.325 e. The average Bonchev–Trinajstić information content (AvgIpc) is 2.38. The Morgan fingerprint density at radius 3 is 2.50 bits per heavy atom. The Labute approximate surface area is 106 Å². The summed E-state index contributed by atoms with van der Waals surface area (Å²) in [6.45, 7) is 2.15. The van der Waals surface area contributed by atoms with Crippen LogP contribution in [-0.2, 0) is 14.3 Å². The van der Waals surface area contributed by atoms with Gasteiger partial charge in [-0.25, -0.2) is 0 Å². The number of benzene rings is 1. The summed E-state index contributed by atoms with van der Waals surface area (Å²) >= 11 is 0. The van der Waals surface area contributed by atoms with Gasteiger partial charge < -0.3 is 14.8 Å². The van der Waals surface area contributed by atoms with Crippen LogP contribution in [0.3, 0.4) is 0 Å². The number of amides is 1. The Kier molecular flexibility index (Phi) is 5.70. The average molecular weight is 251 g/mol. The lowest BCUT2D eigenvalue weighted by molar-refractivity contribution is -0.141. The summed E-state index contributed by atoms with van der Waals surface area (Å²) in [7, 11) is 1.27. The first-order valence-electron chi connectivity index (χ1n) is 5.65. The van der Waals surface area contributed by atoms with Crippen molar-refractivity contribution in [1.29, 1.82) is 0 Å². The predicted molar refractivity (Wildman–Crippen MR) is 66.3 cm³/mol. The van der Waals surface area contributed by atoms with Crippen LogP contribution in [0.25, 0.3) is 0 Å². The molecule has 5 heteroatoms. The van der Waals surface area contributed by atoms with E-state index in [0.717, 1.165) is 11.3 Å². The van der Waals surface area contributed by atoms with Gasteiger partial charge in [-0.3, -0.25) is 9.59 Å². The number of hydrogen-bond donors (Lipinski definition) is 1. The molecule has 0 atom stereocenters. The van der Waals surface area contributed by atoms with Gasteiger partial charge in [-0.2, -0.15) is 0 Å². The van der Waals surface area contributed by atoms with E-state index >= 15 is 0 Å². The molecule has 0 saturated carbocycles. The topological polar surface area (TPSA) is 64.6 Å². The zero-order valence-electron chi connectivity index (χ0n) is 10.6. The Hall–Kier alpha value is -2.04. The van der Waals surface area contributed by atoms with E-state index in [1.165, 1.54) is 7.11 Å². The van der Waals surface area contributed by atoms with Gasteiger partial charge in [0.05, 0.1) is 20.1 Å². The van der Waals surface area contributed by atoms with Crippen LogP contribution in [0.4, 0.5) is 0 Å². The van der Waals surface area contributed by atoms with Gasteiger partial charge in [0, 0.05) is 0 Å². The van der Waals surface area contributed by atoms with Gasteiger partial charge in [0.1, 0.15) is 12.3 Å². The molecule has 0 aromatic heterocycles. The summed E-state index contributed by atoms with van der Waals surface area (Å²) in [4.78, 5) is 22.1. The number of methoxy groups -OCH3 is 1. The van der Waals surface area contributed by atoms with Gasteiger partial charge in [0.2, 0.25) is 5.91 Å². The van der Waals surface area contributed by atoms with E-state index in [-0.39, 0.29) is 25.5 Å². The van der Waals surface area contributed by atoms with Crippen molar-refractivity contribution in [1.82, 2.24) is 5.32 Å². The van der Waals surface area contributed by atoms with Crippen molar-refractivity contribution in [2.75, 3.05) is 20.3 Å². The lowest BCUT2D eigenvalue weighted by atomic mass is 10.2. The van der Waals surface area contributed by atoms with E-state index in [2.05, 4.69) is 10.1 Å². The maximum atomic E-state index is 11.3. The number of rotatable bonds is 6. The second-order valence-electron chi connectivity index (χ2n) is 3.76. The maximum Gasteiger partial charge on any atom is 0.325 e. The molecule has 18 heavy (non-hydrogen) atoms. The van der Waals surface area contributed by atoms with E-state index in [9.17, 15) is 9.59 Å². The first-order chi connectivity index (χ1) is 8.61. The second-order valence-corrected chi connectivity index (χ2v) is 3.76. The van der Waals surface area contributed by atoms with Crippen LogP contribution in [0.5, 0.6) is 5.75 Å². The van der Waals surface area contributed by atoms with Crippen molar-refractivity contribution in [3.05, 3.63) is 29.8 Å². The van der Waals surface area contributed by atoms with Crippen LogP contribution in [-0.4, -0.2) is 32.1 Å². The summed E-state index contributed by atoms with van der Waals surface area (Å²) < 4.78 is 9.79. The highest BCUT2D eigenvalue weighted by Crippen LogP contribution is 2.11. The minimum Gasteiger partial charge on any atom is -0.493 e. The Bertz CT molecular complexity index is 400. The van der Waals surface area contributed by atoms with E-state index < -0.39 is 5.97 Å². The molecule has 0 aliphatic heterocycles. The van der Waals surface area contributed by atoms with Crippen LogP contribution < -0.4 is 10.1 Å². The maximum absolute atomic E-state index is 11.3. The van der Waals surface area contributed by atoms with Crippen molar-refractivity contribution in [3.8, 4) is 5.75 Å². The highest BCUT2D eigenvalue weighted by molar-refractivity contribution is 5.81. The Morgan fingerprint density at radius 1 is 1.22 bits per heavy atom. The zero-order valence-corrected chi connectivity index (χ0v) is 10.6. The molecule has 0 heterocycles. The summed E-state index contributed by atoms with van der Waals surface area (Å²) in [5.41, 5.74) is 1.15. The van der Waals surface area contributed by atoms with Crippen molar-refractivity contribution >= 4 is 11.9 Å². The fraction of sp³-hybridized carbons (Fsp3) is 0.385. The SMILES string of the molecule is COC(=O)CNC(=O)CCOc1ccc(C)cc1. The van der Waals surface area contributed by atoms with Crippen molar-refractivity contribution in [2.24, 2.45) is 0 Å². The molecule has 0 spiro atoms. The highest BCUT2D eigenvalue weighted by atomic mass is 16.5. The minimum absolute atomic E-state index is 0.111. The molecule has 0 radical (unpaired) electrons. The number of aryl methyl sites for hydroxylation is 1. The Balaban J connectivity index is 2.19. The largest absolute Gasteiger partial charge is 0.493 e. The van der Waals surface area contributed by atoms with E-state index in [4.69, 9.17) is 4.74 Å². The van der Waals surface area contributed by atoms with E-state index in [0.29, 0.717) is 0 Å². The molecule has 0 bridgehead atoms. The standard InChI is InChI=1S/C13H17NO4/c1-10-3-5-11(6-4-10)18-8-7-12(15)14-9-13(16)17-2/h3-6H,7-9H2,1-2H3,(H,14,15). The number of carbonyl (C=O) groups excluding carboxylic acids is 2. The molecule has 1 aromatic carbocycles. The highest BCUT2D eigenvalue weighted by Gasteiger charge is 2.05. The molecule has 1 amide bonds. The summed E-state index contributed by atoms with van der Waals surface area (Å²) in [6, 6.07) is 7.57. The molecule has 0 unspecified atom stereocenters. The predicted octanol–water partition coefficient (Wildman–Crippen LogP) is 1.05. The normalized spacial score (nSPS) is 9.67. The van der Waals surface area contributed by atoms with Crippen LogP contribution in [0, 0.1) is 6.92 Å². The van der Waals surface area contributed by atoms with Gasteiger partial charge in [-0.15, -0.1) is 0 Å². The van der Waals surface area contributed by atoms with Crippen LogP contribution >= 0.6 is 0 Å². The number of hydrogen-bond acceptors (Lipinski definition) is 4. The van der Waals surface area contributed by atoms with E-state index in [1.807, 2.05) is 31.2 Å². The summed E-state index contributed by atoms with van der Waals surface area (Å²) in [5, 5.41) is 2.44. The molecular weight excluding hydrogens is 234 g/mol. The van der Waals surface area contributed by atoms with Gasteiger partial charge in [-0.1, -0.05) is 17.7 Å². The van der Waals surface area contributed by atoms with Gasteiger partial charge >= 0.3 is 5.97 Å². The lowest BCUT2D eigenvalue weighted by Gasteiger charge is -2.06. The zero-order chi connectivity index (χ0) is 13.4. The molecule has 0 fully saturated rings. The number of esters is 1. The number of ether oxygens (including phenoxy) is 2. The molecule has 1 aromatic rings. The van der Waals surface area contributed by atoms with Crippen LogP contribution in [0.15, 0.2) is 24.3 Å². The van der Waals surface area contributed by atoms with Gasteiger partial charge in [-0.05, 0) is 19.1 Å². The first kappa shape index (κ1) is 14.0. The van der Waals surface area contributed by atoms with Crippen LogP contribution in [0.1, 0.15) is 12.0 Å². The quantitative estimate of drug-likeness (QED) is 0.768.